The molecule has 2 heterocycles. The Morgan fingerprint density at radius 3 is 2.07 bits per heavy atom. The number of hydrogen-bond acceptors (Lipinski definition) is 8. The summed E-state index contributed by atoms with van der Waals surface area (Å²) in [4.78, 5) is 2.09. The van der Waals surface area contributed by atoms with Crippen LogP contribution in [0, 0.1) is 10.4 Å². The fourth-order valence-electron chi connectivity index (χ4n) is 2.82. The minimum Gasteiger partial charge on any atom is -0.595 e. The molecule has 2 aromatic carbocycles. The van der Waals surface area contributed by atoms with Crippen LogP contribution in [0.1, 0.15) is 0 Å². The normalized spacial score (nSPS) is 16.1. The van der Waals surface area contributed by atoms with Crippen molar-refractivity contribution in [1.82, 2.24) is 14.8 Å². The summed E-state index contributed by atoms with van der Waals surface area (Å²) in [5.74, 6) is 1.32. The molecule has 0 amide bonds. The maximum Gasteiger partial charge on any atom is 0.194 e. The zero-order chi connectivity index (χ0) is 19.0. The number of fused-ring (bicyclic) bond motifs is 1. The molecule has 3 aromatic rings. The first-order chi connectivity index (χ1) is 13.0. The van der Waals surface area contributed by atoms with Crippen LogP contribution in [0.3, 0.4) is 0 Å². The first-order valence-electron chi connectivity index (χ1n) is 8.01. The standard InChI is InChI=1S/C16H16N6O4S/c23-21(24)13-3-1-11(2-4-13)15-17-18-16-20(15)9-19(10-27-16)12-5-7-14(8-6-12)22(25)26/h1-8,21-23,25H,9-10H2. The molecule has 0 radical (unpaired) electrons. The molecule has 0 spiro atoms. The van der Waals surface area contributed by atoms with E-state index in [4.69, 9.17) is 10.4 Å². The Kier molecular flexibility index (Phi) is 4.80. The zero-order valence-electron chi connectivity index (χ0n) is 13.9. The van der Waals surface area contributed by atoms with Gasteiger partial charge in [-0.3, -0.25) is 4.57 Å². The molecule has 4 N–H and O–H groups in total. The maximum atomic E-state index is 11.0. The number of rotatable bonds is 4. The second-order valence-corrected chi connectivity index (χ2v) is 6.84. The van der Waals surface area contributed by atoms with E-state index in [2.05, 4.69) is 15.1 Å². The molecule has 0 bridgehead atoms. The van der Waals surface area contributed by atoms with Gasteiger partial charge in [-0.2, -0.15) is 10.5 Å². The summed E-state index contributed by atoms with van der Waals surface area (Å²) >= 11 is 1.53. The number of nitrogens with one attached hydrogen (secondary N) is 2. The monoisotopic (exact) mass is 388 g/mol. The van der Waals surface area contributed by atoms with Crippen LogP contribution in [0.4, 0.5) is 17.1 Å². The maximum absolute atomic E-state index is 11.0. The molecule has 11 heteroatoms. The van der Waals surface area contributed by atoms with Gasteiger partial charge in [0, 0.05) is 35.5 Å². The molecule has 0 fully saturated rings. The van der Waals surface area contributed by atoms with Gasteiger partial charge < -0.3 is 15.3 Å². The van der Waals surface area contributed by atoms with Crippen molar-refractivity contribution in [1.29, 1.82) is 0 Å². The third-order valence-corrected chi connectivity index (χ3v) is 5.25. The lowest BCUT2D eigenvalue weighted by molar-refractivity contribution is -0.991. The Balaban J connectivity index is 1.60. The van der Waals surface area contributed by atoms with Crippen molar-refractivity contribution in [3.05, 3.63) is 58.9 Å². The highest BCUT2D eigenvalue weighted by atomic mass is 32.2. The minimum atomic E-state index is -0.976. The predicted molar refractivity (Wildman–Crippen MR) is 96.7 cm³/mol. The Morgan fingerprint density at radius 1 is 0.889 bits per heavy atom. The lowest BCUT2D eigenvalue weighted by Crippen LogP contribution is -2.99. The van der Waals surface area contributed by atoms with Crippen LogP contribution >= 0.6 is 11.8 Å². The van der Waals surface area contributed by atoms with E-state index >= 15 is 0 Å². The topological polar surface area (TPSA) is 129 Å². The van der Waals surface area contributed by atoms with E-state index < -0.39 is 10.5 Å². The molecule has 10 nitrogen and oxygen atoms in total. The predicted octanol–water partition coefficient (Wildman–Crippen LogP) is 0.279. The molecule has 2 atom stereocenters. The average Bonchev–Trinajstić information content (AvgIpc) is 3.11. The molecule has 140 valence electrons. The Bertz CT molecular complexity index is 929. The number of nitrogens with zero attached hydrogens (tertiary/aromatic N) is 4. The van der Waals surface area contributed by atoms with Crippen LogP contribution < -0.4 is 15.4 Å². The van der Waals surface area contributed by atoms with Crippen LogP contribution in [0.15, 0.2) is 53.7 Å². The van der Waals surface area contributed by atoms with Gasteiger partial charge in [0.1, 0.15) is 0 Å². The van der Waals surface area contributed by atoms with Gasteiger partial charge in [-0.1, -0.05) is 11.8 Å². The molecular formula is C16H16N6O4S. The molecule has 2 unspecified atom stereocenters. The summed E-state index contributed by atoms with van der Waals surface area (Å²) in [6, 6.07) is 13.2. The molecule has 0 aliphatic carbocycles. The van der Waals surface area contributed by atoms with E-state index in [-0.39, 0.29) is 11.4 Å². The summed E-state index contributed by atoms with van der Waals surface area (Å²) in [6.07, 6.45) is 0. The van der Waals surface area contributed by atoms with Gasteiger partial charge in [0.15, 0.2) is 22.4 Å². The van der Waals surface area contributed by atoms with Crippen molar-refractivity contribution < 1.29 is 20.9 Å². The molecule has 1 aromatic heterocycles. The molecule has 0 saturated heterocycles. The number of thioether (sulfide) groups is 1. The van der Waals surface area contributed by atoms with Gasteiger partial charge >= 0.3 is 0 Å². The summed E-state index contributed by atoms with van der Waals surface area (Å²) < 4.78 is 1.95. The highest BCUT2D eigenvalue weighted by Crippen LogP contribution is 2.32. The highest BCUT2D eigenvalue weighted by Gasteiger charge is 2.23. The number of hydrogen-bond donors (Lipinski definition) is 4. The van der Waals surface area contributed by atoms with E-state index in [1.54, 1.807) is 36.4 Å². The van der Waals surface area contributed by atoms with E-state index in [9.17, 15) is 10.4 Å². The second-order valence-electron chi connectivity index (χ2n) is 5.92. The van der Waals surface area contributed by atoms with E-state index in [0.717, 1.165) is 16.4 Å². The highest BCUT2D eigenvalue weighted by molar-refractivity contribution is 7.99. The van der Waals surface area contributed by atoms with Crippen molar-refractivity contribution in [2.75, 3.05) is 10.8 Å². The van der Waals surface area contributed by atoms with Crippen LogP contribution in [-0.2, 0) is 6.67 Å². The van der Waals surface area contributed by atoms with Gasteiger partial charge in [-0.25, -0.2) is 10.4 Å². The number of quaternary nitrogens is 2. The Morgan fingerprint density at radius 2 is 1.48 bits per heavy atom. The van der Waals surface area contributed by atoms with Gasteiger partial charge in [0.2, 0.25) is 0 Å². The van der Waals surface area contributed by atoms with Crippen molar-refractivity contribution in [3.63, 3.8) is 0 Å². The third kappa shape index (κ3) is 3.52. The second kappa shape index (κ2) is 7.25. The molecule has 27 heavy (non-hydrogen) atoms. The van der Waals surface area contributed by atoms with E-state index in [0.29, 0.717) is 18.4 Å². The largest absolute Gasteiger partial charge is 0.595 e. The molecule has 4 rings (SSSR count). The average molecular weight is 388 g/mol. The lowest BCUT2D eigenvalue weighted by Gasteiger charge is -2.30. The zero-order valence-corrected chi connectivity index (χ0v) is 14.8. The van der Waals surface area contributed by atoms with Gasteiger partial charge in [-0.15, -0.1) is 10.2 Å². The summed E-state index contributed by atoms with van der Waals surface area (Å²) in [5.41, 5.74) is 2.14. The molecule has 1 aliphatic heterocycles. The first-order valence-corrected chi connectivity index (χ1v) is 8.99. The van der Waals surface area contributed by atoms with Crippen molar-refractivity contribution in [2.24, 2.45) is 0 Å². The first kappa shape index (κ1) is 17.9. The van der Waals surface area contributed by atoms with Crippen LogP contribution in [0.2, 0.25) is 0 Å². The van der Waals surface area contributed by atoms with Gasteiger partial charge in [0.25, 0.3) is 0 Å². The van der Waals surface area contributed by atoms with Crippen molar-refractivity contribution >= 4 is 28.8 Å². The van der Waals surface area contributed by atoms with E-state index in [1.165, 1.54) is 23.9 Å². The number of anilines is 1. The van der Waals surface area contributed by atoms with Crippen LogP contribution in [-0.4, -0.2) is 31.1 Å². The minimum absolute atomic E-state index is 0.214. The van der Waals surface area contributed by atoms with Crippen LogP contribution in [0.5, 0.6) is 0 Å². The van der Waals surface area contributed by atoms with Crippen molar-refractivity contribution in [3.8, 4) is 11.4 Å². The van der Waals surface area contributed by atoms with Crippen molar-refractivity contribution in [2.45, 2.75) is 11.8 Å². The Hall–Kier alpha value is -2.51. The SMILES string of the molecule is [O-][NH+](O)c1ccc(-c2nnc3n2CN(c2ccc([NH+]([O-])O)cc2)CS3)cc1. The number of benzene rings is 2. The lowest BCUT2D eigenvalue weighted by atomic mass is 10.2. The fraction of sp³-hybridized carbons (Fsp3) is 0.125. The van der Waals surface area contributed by atoms with Gasteiger partial charge in [-0.05, 0) is 24.3 Å². The summed E-state index contributed by atoms with van der Waals surface area (Å²) in [6.45, 7) is 0.512. The molecular weight excluding hydrogens is 372 g/mol. The molecule has 1 aliphatic rings. The quantitative estimate of drug-likeness (QED) is 0.469. The fourth-order valence-corrected chi connectivity index (χ4v) is 3.72. The summed E-state index contributed by atoms with van der Waals surface area (Å²) in [7, 11) is 0. The third-order valence-electron chi connectivity index (χ3n) is 4.25. The molecule has 0 saturated carbocycles. The van der Waals surface area contributed by atoms with Gasteiger partial charge in [0.05, 0.1) is 12.5 Å². The van der Waals surface area contributed by atoms with Crippen LogP contribution in [0.25, 0.3) is 11.4 Å². The van der Waals surface area contributed by atoms with E-state index in [1.807, 2.05) is 4.57 Å². The Labute approximate surface area is 157 Å². The summed E-state index contributed by atoms with van der Waals surface area (Å²) in [5, 5.41) is 47.4. The smallest absolute Gasteiger partial charge is 0.194 e. The number of aromatic nitrogens is 3.